The second-order valence-electron chi connectivity index (χ2n) is 8.50. The van der Waals surface area contributed by atoms with Crippen molar-refractivity contribution in [3.8, 4) is 11.6 Å². The largest absolute Gasteiger partial charge is 0.573 e. The first-order valence-corrected chi connectivity index (χ1v) is 11.2. The maximum atomic E-state index is 12.8. The predicted molar refractivity (Wildman–Crippen MR) is 133 cm³/mol. The number of aliphatic imine (C=N–C) groups is 1. The fraction of sp³-hybridized carbons (Fsp3) is 0.333. The minimum Gasteiger partial charge on any atom is -0.494 e. The Kier molecular flexibility index (Phi) is 7.43. The van der Waals surface area contributed by atoms with E-state index in [0.717, 1.165) is 32.7 Å². The number of alkyl halides is 3. The number of halogens is 4. The van der Waals surface area contributed by atoms with Crippen LogP contribution in [0.3, 0.4) is 0 Å². The van der Waals surface area contributed by atoms with Gasteiger partial charge in [0.05, 0.1) is 11.3 Å². The number of nitrogens with one attached hydrogen (secondary N) is 1. The molecule has 1 saturated heterocycles. The van der Waals surface area contributed by atoms with Crippen molar-refractivity contribution in [2.24, 2.45) is 10.1 Å². The summed E-state index contributed by atoms with van der Waals surface area (Å²) in [4.78, 5) is 17.6. The first-order valence-electron chi connectivity index (χ1n) is 11.2. The summed E-state index contributed by atoms with van der Waals surface area (Å²) in [5, 5.41) is 15.3. The SMILES string of the molecule is CN1CCN(CCO/N=C2/C(c3c(O)[nH]c4ccc(OC(F)(F)F)cc34)=Nc3ccccc32)CC1.Cl. The summed E-state index contributed by atoms with van der Waals surface area (Å²) in [6.07, 6.45) is -4.84. The van der Waals surface area contributed by atoms with E-state index in [1.54, 1.807) is 6.07 Å². The minimum absolute atomic E-state index is 0. The fourth-order valence-electron chi connectivity index (χ4n) is 4.28. The molecule has 0 aliphatic carbocycles. The number of aromatic hydroxyl groups is 1. The van der Waals surface area contributed by atoms with Gasteiger partial charge in [-0.05, 0) is 31.3 Å². The van der Waals surface area contributed by atoms with Crippen LogP contribution in [0.4, 0.5) is 18.9 Å². The predicted octanol–water partition coefficient (Wildman–Crippen LogP) is 4.30. The summed E-state index contributed by atoms with van der Waals surface area (Å²) in [6, 6.07) is 11.1. The molecule has 0 unspecified atom stereocenters. The van der Waals surface area contributed by atoms with Crippen LogP contribution < -0.4 is 4.74 Å². The molecule has 192 valence electrons. The Morgan fingerprint density at radius 1 is 1.11 bits per heavy atom. The molecule has 2 aliphatic heterocycles. The van der Waals surface area contributed by atoms with E-state index in [2.05, 4.69) is 36.7 Å². The van der Waals surface area contributed by atoms with Crippen LogP contribution in [0.25, 0.3) is 10.9 Å². The molecule has 0 saturated carbocycles. The molecular weight excluding hydrogens is 499 g/mol. The topological polar surface area (TPSA) is 85.7 Å². The summed E-state index contributed by atoms with van der Waals surface area (Å²) in [7, 11) is 2.09. The molecule has 2 aliphatic rings. The van der Waals surface area contributed by atoms with Crippen LogP contribution in [-0.4, -0.2) is 84.1 Å². The van der Waals surface area contributed by atoms with E-state index >= 15 is 0 Å². The molecule has 5 rings (SSSR count). The molecule has 8 nitrogen and oxygen atoms in total. The lowest BCUT2D eigenvalue weighted by Gasteiger charge is -2.31. The van der Waals surface area contributed by atoms with Crippen molar-refractivity contribution in [2.45, 2.75) is 6.36 Å². The number of aromatic nitrogens is 1. The van der Waals surface area contributed by atoms with E-state index in [1.807, 2.05) is 18.2 Å². The van der Waals surface area contributed by atoms with Gasteiger partial charge in [0, 0.05) is 49.2 Å². The van der Waals surface area contributed by atoms with Crippen LogP contribution in [0.2, 0.25) is 0 Å². The molecule has 0 radical (unpaired) electrons. The van der Waals surface area contributed by atoms with Gasteiger partial charge >= 0.3 is 6.36 Å². The lowest BCUT2D eigenvalue weighted by atomic mass is 10.0. The standard InChI is InChI=1S/C24H24F3N5O3.ClH/c1-31-8-10-32(11-9-31)12-13-34-30-21-16-4-2-3-5-18(16)28-22(21)20-17-14-15(35-24(25,26)27)6-7-19(17)29-23(20)33;/h2-7,14,29,33H,8-13H2,1H3;1H/b30-21+;. The zero-order valence-electron chi connectivity index (χ0n) is 19.4. The van der Waals surface area contributed by atoms with Crippen LogP contribution in [0.15, 0.2) is 52.6 Å². The maximum absolute atomic E-state index is 12.8. The van der Waals surface area contributed by atoms with Gasteiger partial charge in [0.1, 0.15) is 23.8 Å². The van der Waals surface area contributed by atoms with Crippen molar-refractivity contribution in [1.29, 1.82) is 0 Å². The quantitative estimate of drug-likeness (QED) is 0.372. The number of likely N-dealkylation sites (N-methyl/N-ethyl adjacent to an activating group) is 1. The smallest absolute Gasteiger partial charge is 0.494 e. The Bertz CT molecular complexity index is 1300. The lowest BCUT2D eigenvalue weighted by Crippen LogP contribution is -2.45. The summed E-state index contributed by atoms with van der Waals surface area (Å²) in [6.45, 7) is 4.99. The van der Waals surface area contributed by atoms with Crippen molar-refractivity contribution in [2.75, 3.05) is 46.4 Å². The third kappa shape index (κ3) is 5.43. The fourth-order valence-corrected chi connectivity index (χ4v) is 4.28. The number of piperazine rings is 1. The number of rotatable bonds is 6. The molecular formula is C24H25ClF3N5O3. The Morgan fingerprint density at radius 2 is 1.86 bits per heavy atom. The Morgan fingerprint density at radius 3 is 2.61 bits per heavy atom. The minimum atomic E-state index is -4.84. The molecule has 12 heteroatoms. The zero-order valence-corrected chi connectivity index (χ0v) is 20.2. The number of benzene rings is 2. The molecule has 0 spiro atoms. The van der Waals surface area contributed by atoms with Gasteiger partial charge in [0.2, 0.25) is 0 Å². The number of para-hydroxylation sites is 1. The van der Waals surface area contributed by atoms with Gasteiger partial charge in [-0.2, -0.15) is 0 Å². The van der Waals surface area contributed by atoms with Gasteiger partial charge in [-0.25, -0.2) is 4.99 Å². The number of hydrogen-bond donors (Lipinski definition) is 2. The van der Waals surface area contributed by atoms with Crippen molar-refractivity contribution in [3.63, 3.8) is 0 Å². The molecule has 2 N–H and O–H groups in total. The molecule has 0 amide bonds. The number of fused-ring (bicyclic) bond motifs is 2. The highest BCUT2D eigenvalue weighted by Gasteiger charge is 2.33. The van der Waals surface area contributed by atoms with Gasteiger partial charge in [-0.3, -0.25) is 4.90 Å². The second-order valence-corrected chi connectivity index (χ2v) is 8.50. The average Bonchev–Trinajstić information content (AvgIpc) is 3.32. The van der Waals surface area contributed by atoms with E-state index in [9.17, 15) is 18.3 Å². The van der Waals surface area contributed by atoms with Gasteiger partial charge in [0.15, 0.2) is 5.88 Å². The highest BCUT2D eigenvalue weighted by molar-refractivity contribution is 6.58. The van der Waals surface area contributed by atoms with E-state index < -0.39 is 12.1 Å². The van der Waals surface area contributed by atoms with Gasteiger partial charge < -0.3 is 24.6 Å². The molecule has 1 fully saturated rings. The summed E-state index contributed by atoms with van der Waals surface area (Å²) < 4.78 is 42.4. The first kappa shape index (κ1) is 25.8. The van der Waals surface area contributed by atoms with Crippen molar-refractivity contribution >= 4 is 40.4 Å². The number of hydrogen-bond acceptors (Lipinski definition) is 7. The van der Waals surface area contributed by atoms with Crippen LogP contribution in [0.1, 0.15) is 11.1 Å². The number of aromatic amines is 1. The third-order valence-electron chi connectivity index (χ3n) is 6.09. The van der Waals surface area contributed by atoms with E-state index in [4.69, 9.17) is 4.84 Å². The molecule has 0 atom stereocenters. The summed E-state index contributed by atoms with van der Waals surface area (Å²) in [5.74, 6) is -0.635. The van der Waals surface area contributed by atoms with E-state index in [1.165, 1.54) is 18.2 Å². The summed E-state index contributed by atoms with van der Waals surface area (Å²) >= 11 is 0. The summed E-state index contributed by atoms with van der Waals surface area (Å²) in [5.41, 5.74) is 2.70. The third-order valence-corrected chi connectivity index (χ3v) is 6.09. The second kappa shape index (κ2) is 10.4. The lowest BCUT2D eigenvalue weighted by molar-refractivity contribution is -0.274. The molecule has 3 heterocycles. The first-order chi connectivity index (χ1) is 16.8. The average molecular weight is 524 g/mol. The zero-order chi connectivity index (χ0) is 24.6. The monoisotopic (exact) mass is 523 g/mol. The Labute approximate surface area is 211 Å². The number of nitrogens with zero attached hydrogens (tertiary/aromatic N) is 4. The van der Waals surface area contributed by atoms with Gasteiger partial charge in [-0.1, -0.05) is 23.4 Å². The van der Waals surface area contributed by atoms with Crippen LogP contribution in [-0.2, 0) is 4.84 Å². The molecule has 0 bridgehead atoms. The Balaban J connectivity index is 0.00000304. The van der Waals surface area contributed by atoms with Crippen LogP contribution in [0.5, 0.6) is 11.6 Å². The van der Waals surface area contributed by atoms with Crippen molar-refractivity contribution < 1.29 is 27.9 Å². The molecule has 36 heavy (non-hydrogen) atoms. The van der Waals surface area contributed by atoms with Gasteiger partial charge in [-0.15, -0.1) is 25.6 Å². The highest BCUT2D eigenvalue weighted by atomic mass is 35.5. The highest BCUT2D eigenvalue weighted by Crippen LogP contribution is 2.37. The molecule has 1 aromatic heterocycles. The van der Waals surface area contributed by atoms with E-state index in [0.29, 0.717) is 40.2 Å². The van der Waals surface area contributed by atoms with Crippen LogP contribution >= 0.6 is 12.4 Å². The number of ether oxygens (including phenoxy) is 1. The maximum Gasteiger partial charge on any atom is 0.573 e. The normalized spacial score (nSPS) is 17.7. The van der Waals surface area contributed by atoms with Crippen molar-refractivity contribution in [3.05, 3.63) is 53.6 Å². The molecule has 2 aromatic carbocycles. The molecule has 3 aromatic rings. The van der Waals surface area contributed by atoms with Crippen molar-refractivity contribution in [1.82, 2.24) is 14.8 Å². The number of H-pyrrole nitrogens is 1. The van der Waals surface area contributed by atoms with E-state index in [-0.39, 0.29) is 23.9 Å². The van der Waals surface area contributed by atoms with Crippen LogP contribution in [0, 0.1) is 0 Å². The van der Waals surface area contributed by atoms with Gasteiger partial charge in [0.25, 0.3) is 0 Å². The number of oxime groups is 1. The Hall–Kier alpha value is -3.28.